The molecule has 0 amide bonds. The minimum atomic E-state index is -0.804. The van der Waals surface area contributed by atoms with Crippen molar-refractivity contribution in [3.8, 4) is 0 Å². The zero-order valence-electron chi connectivity index (χ0n) is 11.9. The van der Waals surface area contributed by atoms with Crippen LogP contribution in [0.2, 0.25) is 0 Å². The largest absolute Gasteiger partial charge is 0.384 e. The minimum absolute atomic E-state index is 0.0369. The van der Waals surface area contributed by atoms with E-state index in [1.54, 1.807) is 18.0 Å². The highest BCUT2D eigenvalue weighted by Crippen LogP contribution is 2.46. The van der Waals surface area contributed by atoms with Gasteiger partial charge in [-0.05, 0) is 37.0 Å². The van der Waals surface area contributed by atoms with Gasteiger partial charge in [0.25, 0.3) is 0 Å². The Morgan fingerprint density at radius 1 is 1.10 bits per heavy atom. The highest BCUT2D eigenvalue weighted by Gasteiger charge is 2.37. The van der Waals surface area contributed by atoms with Gasteiger partial charge < -0.3 is 5.11 Å². The first-order valence-electron chi connectivity index (χ1n) is 7.31. The van der Waals surface area contributed by atoms with Gasteiger partial charge in [0.05, 0.1) is 15.9 Å². The molecule has 2 aromatic rings. The molecule has 0 fully saturated rings. The molecule has 21 heavy (non-hydrogen) atoms. The van der Waals surface area contributed by atoms with Gasteiger partial charge in [-0.3, -0.25) is 0 Å². The van der Waals surface area contributed by atoms with E-state index in [1.165, 1.54) is 0 Å². The standard InChI is InChI=1S/C18H19NOS/c20-18(12-6-2-7-13-18)17(15-9-3-1-4-10-15)21-16-11-5-8-14-19-16/h1,3-6,8-12,14,17,20H,2,7,13H2. The number of aliphatic hydroxyl groups is 1. The van der Waals surface area contributed by atoms with Crippen molar-refractivity contribution in [2.75, 3.05) is 0 Å². The lowest BCUT2D eigenvalue weighted by molar-refractivity contribution is 0.0719. The molecule has 0 saturated heterocycles. The fourth-order valence-electron chi connectivity index (χ4n) is 2.72. The van der Waals surface area contributed by atoms with Gasteiger partial charge >= 0.3 is 0 Å². The molecule has 1 aromatic heterocycles. The van der Waals surface area contributed by atoms with Gasteiger partial charge in [-0.15, -0.1) is 0 Å². The zero-order chi connectivity index (χ0) is 14.5. The van der Waals surface area contributed by atoms with Crippen molar-refractivity contribution in [1.29, 1.82) is 0 Å². The van der Waals surface area contributed by atoms with Crippen molar-refractivity contribution < 1.29 is 5.11 Å². The lowest BCUT2D eigenvalue weighted by atomic mass is 9.85. The van der Waals surface area contributed by atoms with E-state index >= 15 is 0 Å². The summed E-state index contributed by atoms with van der Waals surface area (Å²) < 4.78 is 0. The molecule has 1 aliphatic carbocycles. The van der Waals surface area contributed by atoms with Crippen LogP contribution in [0.1, 0.15) is 30.1 Å². The summed E-state index contributed by atoms with van der Waals surface area (Å²) in [7, 11) is 0. The van der Waals surface area contributed by atoms with Crippen molar-refractivity contribution in [1.82, 2.24) is 4.98 Å². The number of allylic oxidation sites excluding steroid dienone is 1. The van der Waals surface area contributed by atoms with Crippen molar-refractivity contribution in [2.45, 2.75) is 35.1 Å². The number of rotatable bonds is 4. The number of pyridine rings is 1. The number of aromatic nitrogens is 1. The summed E-state index contributed by atoms with van der Waals surface area (Å²) in [6.45, 7) is 0. The van der Waals surface area contributed by atoms with Crippen LogP contribution in [0.5, 0.6) is 0 Å². The van der Waals surface area contributed by atoms with Crippen molar-refractivity contribution in [3.63, 3.8) is 0 Å². The fourth-order valence-corrected chi connectivity index (χ4v) is 3.93. The summed E-state index contributed by atoms with van der Waals surface area (Å²) in [5.74, 6) is 0. The summed E-state index contributed by atoms with van der Waals surface area (Å²) in [4.78, 5) is 4.40. The SMILES string of the molecule is OC1(C(Sc2ccccn2)c2ccccc2)C=CCCC1. The molecular weight excluding hydrogens is 278 g/mol. The van der Waals surface area contributed by atoms with E-state index in [1.807, 2.05) is 42.5 Å². The maximum absolute atomic E-state index is 11.1. The van der Waals surface area contributed by atoms with Crippen molar-refractivity contribution in [3.05, 3.63) is 72.4 Å². The lowest BCUT2D eigenvalue weighted by Gasteiger charge is -2.35. The van der Waals surface area contributed by atoms with Crippen LogP contribution in [-0.4, -0.2) is 15.7 Å². The molecule has 1 aromatic carbocycles. The van der Waals surface area contributed by atoms with E-state index in [0.717, 1.165) is 29.9 Å². The van der Waals surface area contributed by atoms with E-state index in [4.69, 9.17) is 0 Å². The van der Waals surface area contributed by atoms with Crippen LogP contribution in [0.25, 0.3) is 0 Å². The molecule has 0 radical (unpaired) electrons. The number of nitrogens with zero attached hydrogens (tertiary/aromatic N) is 1. The number of benzene rings is 1. The maximum Gasteiger partial charge on any atom is 0.0990 e. The third kappa shape index (κ3) is 3.36. The van der Waals surface area contributed by atoms with Gasteiger partial charge in [-0.2, -0.15) is 0 Å². The van der Waals surface area contributed by atoms with E-state index < -0.39 is 5.60 Å². The Kier molecular flexibility index (Phi) is 4.42. The molecule has 0 aliphatic heterocycles. The van der Waals surface area contributed by atoms with E-state index in [9.17, 15) is 5.11 Å². The van der Waals surface area contributed by atoms with Crippen LogP contribution < -0.4 is 0 Å². The predicted molar refractivity (Wildman–Crippen MR) is 87.2 cm³/mol. The average molecular weight is 297 g/mol. The van der Waals surface area contributed by atoms with Gasteiger partial charge in [0.1, 0.15) is 0 Å². The molecule has 0 saturated carbocycles. The van der Waals surface area contributed by atoms with Gasteiger partial charge in [0, 0.05) is 6.20 Å². The van der Waals surface area contributed by atoms with Crippen molar-refractivity contribution >= 4 is 11.8 Å². The van der Waals surface area contributed by atoms with E-state index in [-0.39, 0.29) is 5.25 Å². The first-order chi connectivity index (χ1) is 10.3. The summed E-state index contributed by atoms with van der Waals surface area (Å²) in [5, 5.41) is 12.0. The highest BCUT2D eigenvalue weighted by atomic mass is 32.2. The minimum Gasteiger partial charge on any atom is -0.384 e. The number of hydrogen-bond acceptors (Lipinski definition) is 3. The summed E-state index contributed by atoms with van der Waals surface area (Å²) in [6.07, 6.45) is 8.74. The van der Waals surface area contributed by atoms with Gasteiger partial charge in [-0.1, -0.05) is 60.3 Å². The normalized spacial score (nSPS) is 22.9. The monoisotopic (exact) mass is 297 g/mol. The third-order valence-corrected chi connectivity index (χ3v) is 5.19. The van der Waals surface area contributed by atoms with Crippen LogP contribution >= 0.6 is 11.8 Å². The Bertz CT molecular complexity index is 599. The van der Waals surface area contributed by atoms with E-state index in [2.05, 4.69) is 23.2 Å². The molecule has 2 unspecified atom stereocenters. The maximum atomic E-state index is 11.1. The molecule has 3 rings (SSSR count). The Morgan fingerprint density at radius 2 is 1.90 bits per heavy atom. The third-order valence-electron chi connectivity index (χ3n) is 3.79. The topological polar surface area (TPSA) is 33.1 Å². The van der Waals surface area contributed by atoms with E-state index in [0.29, 0.717) is 0 Å². The molecule has 2 atom stereocenters. The Balaban J connectivity index is 1.95. The van der Waals surface area contributed by atoms with Crippen LogP contribution in [-0.2, 0) is 0 Å². The Labute approximate surface area is 129 Å². The molecule has 1 N–H and O–H groups in total. The lowest BCUT2D eigenvalue weighted by Crippen LogP contribution is -2.34. The smallest absolute Gasteiger partial charge is 0.0990 e. The second-order valence-corrected chi connectivity index (χ2v) is 6.49. The summed E-state index contributed by atoms with van der Waals surface area (Å²) in [5.41, 5.74) is 0.337. The zero-order valence-corrected chi connectivity index (χ0v) is 12.7. The molecule has 1 aliphatic rings. The van der Waals surface area contributed by atoms with Crippen LogP contribution in [0.3, 0.4) is 0 Å². The van der Waals surface area contributed by atoms with Gasteiger partial charge in [-0.25, -0.2) is 4.98 Å². The second-order valence-electron chi connectivity index (χ2n) is 5.36. The summed E-state index contributed by atoms with van der Waals surface area (Å²) >= 11 is 1.63. The number of hydrogen-bond donors (Lipinski definition) is 1. The summed E-state index contributed by atoms with van der Waals surface area (Å²) in [6, 6.07) is 16.1. The fraction of sp³-hybridized carbons (Fsp3) is 0.278. The molecule has 2 nitrogen and oxygen atoms in total. The average Bonchev–Trinajstić information content (AvgIpc) is 2.55. The molecule has 0 bridgehead atoms. The van der Waals surface area contributed by atoms with Crippen LogP contribution in [0.15, 0.2) is 71.9 Å². The van der Waals surface area contributed by atoms with Crippen molar-refractivity contribution in [2.24, 2.45) is 0 Å². The molecule has 1 heterocycles. The predicted octanol–water partition coefficient (Wildman–Crippen LogP) is 4.39. The first kappa shape index (κ1) is 14.4. The van der Waals surface area contributed by atoms with Gasteiger partial charge in [0.15, 0.2) is 0 Å². The second kappa shape index (κ2) is 6.46. The Hall–Kier alpha value is -1.58. The molecule has 108 valence electrons. The molecular formula is C18H19NOS. The number of thioether (sulfide) groups is 1. The molecule has 0 spiro atoms. The highest BCUT2D eigenvalue weighted by molar-refractivity contribution is 7.99. The quantitative estimate of drug-likeness (QED) is 0.671. The van der Waals surface area contributed by atoms with Crippen LogP contribution in [0, 0.1) is 0 Å². The van der Waals surface area contributed by atoms with Crippen LogP contribution in [0.4, 0.5) is 0 Å². The first-order valence-corrected chi connectivity index (χ1v) is 8.19. The molecule has 3 heteroatoms. The Morgan fingerprint density at radius 3 is 2.57 bits per heavy atom. The van der Waals surface area contributed by atoms with Gasteiger partial charge in [0.2, 0.25) is 0 Å².